The second-order valence-electron chi connectivity index (χ2n) is 7.88. The van der Waals surface area contributed by atoms with Crippen molar-refractivity contribution in [1.29, 1.82) is 0 Å². The zero-order valence-corrected chi connectivity index (χ0v) is 20.6. The van der Waals surface area contributed by atoms with Gasteiger partial charge in [-0.3, -0.25) is 14.3 Å². The first-order chi connectivity index (χ1) is 16.3. The Bertz CT molecular complexity index is 1150. The lowest BCUT2D eigenvalue weighted by atomic mass is 10.2. The predicted octanol–water partition coefficient (Wildman–Crippen LogP) is 4.55. The van der Waals surface area contributed by atoms with Crippen molar-refractivity contribution in [2.45, 2.75) is 18.2 Å². The third kappa shape index (κ3) is 5.55. The Morgan fingerprint density at radius 3 is 2.39 bits per heavy atom. The molecule has 4 heterocycles. The van der Waals surface area contributed by atoms with Crippen LogP contribution in [0.4, 0.5) is 0 Å². The summed E-state index contributed by atoms with van der Waals surface area (Å²) in [7, 11) is 0. The van der Waals surface area contributed by atoms with Gasteiger partial charge in [-0.25, -0.2) is 0 Å². The molecule has 3 aromatic heterocycles. The molecule has 1 aliphatic heterocycles. The van der Waals surface area contributed by atoms with Gasteiger partial charge >= 0.3 is 0 Å². The molecule has 0 unspecified atom stereocenters. The van der Waals surface area contributed by atoms with E-state index in [4.69, 9.17) is 0 Å². The van der Waals surface area contributed by atoms with Gasteiger partial charge in [-0.2, -0.15) is 0 Å². The molecule has 1 saturated heterocycles. The third-order valence-corrected chi connectivity index (χ3v) is 8.33. The fraction of sp³-hybridized carbons (Fsp3) is 0.292. The molecule has 0 aliphatic carbocycles. The minimum absolute atomic E-state index is 0.169. The van der Waals surface area contributed by atoms with Crippen LogP contribution >= 0.6 is 34.4 Å². The van der Waals surface area contributed by atoms with E-state index in [1.54, 1.807) is 22.7 Å². The lowest BCUT2D eigenvalue weighted by molar-refractivity contribution is -0.130. The Kier molecular flexibility index (Phi) is 7.21. The van der Waals surface area contributed by atoms with Gasteiger partial charge in [-0.15, -0.1) is 32.9 Å². The molecule has 0 atom stereocenters. The highest BCUT2D eigenvalue weighted by molar-refractivity contribution is 7.99. The number of benzene rings is 1. The molecule has 5 rings (SSSR count). The van der Waals surface area contributed by atoms with Crippen LogP contribution in [0.15, 0.2) is 70.5 Å². The number of piperazine rings is 1. The lowest BCUT2D eigenvalue weighted by Crippen LogP contribution is -2.48. The predicted molar refractivity (Wildman–Crippen MR) is 136 cm³/mol. The van der Waals surface area contributed by atoms with Gasteiger partial charge in [-0.05, 0) is 28.5 Å². The number of hydrogen-bond acceptors (Lipinski definition) is 7. The van der Waals surface area contributed by atoms with Gasteiger partial charge in [-0.1, -0.05) is 54.2 Å². The van der Waals surface area contributed by atoms with Gasteiger partial charge in [0.1, 0.15) is 0 Å². The van der Waals surface area contributed by atoms with Crippen LogP contribution in [-0.2, 0) is 17.9 Å². The highest BCUT2D eigenvalue weighted by Gasteiger charge is 2.23. The molecule has 1 aromatic carbocycles. The molecule has 1 aliphatic rings. The molecule has 33 heavy (non-hydrogen) atoms. The summed E-state index contributed by atoms with van der Waals surface area (Å²) in [6, 6.07) is 18.7. The lowest BCUT2D eigenvalue weighted by Gasteiger charge is -2.34. The van der Waals surface area contributed by atoms with E-state index >= 15 is 0 Å². The average molecular weight is 496 g/mol. The van der Waals surface area contributed by atoms with Crippen molar-refractivity contribution in [2.75, 3.05) is 31.9 Å². The molecular weight excluding hydrogens is 470 g/mol. The molecule has 9 heteroatoms. The summed E-state index contributed by atoms with van der Waals surface area (Å²) in [6.45, 7) is 5.05. The topological polar surface area (TPSA) is 54.3 Å². The first-order valence-corrected chi connectivity index (χ1v) is 13.7. The highest BCUT2D eigenvalue weighted by atomic mass is 32.2. The number of hydrogen-bond donors (Lipinski definition) is 0. The molecule has 0 bridgehead atoms. The summed E-state index contributed by atoms with van der Waals surface area (Å²) in [5.41, 5.74) is 1.19. The minimum atomic E-state index is 0.169. The van der Waals surface area contributed by atoms with Crippen LogP contribution in [0.1, 0.15) is 10.4 Å². The number of carbonyl (C=O) groups is 1. The van der Waals surface area contributed by atoms with Crippen LogP contribution in [0, 0.1) is 0 Å². The first-order valence-electron chi connectivity index (χ1n) is 10.9. The second-order valence-corrected chi connectivity index (χ2v) is 10.8. The summed E-state index contributed by atoms with van der Waals surface area (Å²) >= 11 is 4.92. The van der Waals surface area contributed by atoms with Gasteiger partial charge < -0.3 is 4.90 Å². The van der Waals surface area contributed by atoms with Crippen molar-refractivity contribution in [3.05, 3.63) is 75.8 Å². The summed E-state index contributed by atoms with van der Waals surface area (Å²) in [5.74, 6) is 1.40. The smallest absolute Gasteiger partial charge is 0.233 e. The standard InChI is InChI=1S/C24H25N5OS3/c30-22(28-12-10-27(11-13-28)17-20-8-4-14-31-20)18-33-24-26-25-23(21-9-5-15-32-21)29(24)16-19-6-2-1-3-7-19/h1-9,14-15H,10-13,16-18H2. The van der Waals surface area contributed by atoms with E-state index in [9.17, 15) is 4.79 Å². The van der Waals surface area contributed by atoms with Crippen molar-refractivity contribution in [2.24, 2.45) is 0 Å². The van der Waals surface area contributed by atoms with Gasteiger partial charge in [0, 0.05) is 37.6 Å². The Hall–Kier alpha value is -2.46. The van der Waals surface area contributed by atoms with Crippen molar-refractivity contribution in [3.63, 3.8) is 0 Å². The molecule has 0 spiro atoms. The monoisotopic (exact) mass is 495 g/mol. The van der Waals surface area contributed by atoms with Gasteiger partial charge in [0.05, 0.1) is 17.2 Å². The Balaban J connectivity index is 1.22. The summed E-state index contributed by atoms with van der Waals surface area (Å²) in [5, 5.41) is 13.9. The fourth-order valence-electron chi connectivity index (χ4n) is 3.89. The molecule has 0 N–H and O–H groups in total. The Morgan fingerprint density at radius 1 is 0.879 bits per heavy atom. The Labute approximate surface area is 205 Å². The molecule has 170 valence electrons. The van der Waals surface area contributed by atoms with E-state index in [0.29, 0.717) is 12.3 Å². The molecule has 1 amide bonds. The number of thiophene rings is 2. The van der Waals surface area contributed by atoms with Crippen molar-refractivity contribution in [3.8, 4) is 10.7 Å². The Morgan fingerprint density at radius 2 is 1.67 bits per heavy atom. The maximum Gasteiger partial charge on any atom is 0.233 e. The third-order valence-electron chi connectivity index (χ3n) is 5.65. The van der Waals surface area contributed by atoms with Gasteiger partial charge in [0.2, 0.25) is 5.91 Å². The van der Waals surface area contributed by atoms with Gasteiger partial charge in [0.15, 0.2) is 11.0 Å². The molecule has 0 radical (unpaired) electrons. The molecule has 4 aromatic rings. The van der Waals surface area contributed by atoms with Crippen LogP contribution in [0.3, 0.4) is 0 Å². The number of thioether (sulfide) groups is 1. The van der Waals surface area contributed by atoms with Crippen LogP contribution < -0.4 is 0 Å². The van der Waals surface area contributed by atoms with Crippen LogP contribution in [0.5, 0.6) is 0 Å². The molecule has 1 fully saturated rings. The number of carbonyl (C=O) groups excluding carboxylic acids is 1. The van der Waals surface area contributed by atoms with E-state index in [1.807, 2.05) is 34.5 Å². The minimum Gasteiger partial charge on any atom is -0.339 e. The number of aromatic nitrogens is 3. The van der Waals surface area contributed by atoms with E-state index in [2.05, 4.69) is 55.4 Å². The largest absolute Gasteiger partial charge is 0.339 e. The van der Waals surface area contributed by atoms with E-state index < -0.39 is 0 Å². The second kappa shape index (κ2) is 10.6. The van der Waals surface area contributed by atoms with Crippen molar-refractivity contribution in [1.82, 2.24) is 24.6 Å². The SMILES string of the molecule is O=C(CSc1nnc(-c2cccs2)n1Cc1ccccc1)N1CCN(Cc2cccs2)CC1. The van der Waals surface area contributed by atoms with Crippen molar-refractivity contribution < 1.29 is 4.79 Å². The van der Waals surface area contributed by atoms with E-state index in [-0.39, 0.29) is 5.91 Å². The van der Waals surface area contributed by atoms with E-state index in [0.717, 1.165) is 48.6 Å². The molecular formula is C24H25N5OS3. The van der Waals surface area contributed by atoms with E-state index in [1.165, 1.54) is 22.2 Å². The van der Waals surface area contributed by atoms with Crippen molar-refractivity contribution >= 4 is 40.3 Å². The van der Waals surface area contributed by atoms with Gasteiger partial charge in [0.25, 0.3) is 0 Å². The quantitative estimate of drug-likeness (QED) is 0.336. The zero-order valence-electron chi connectivity index (χ0n) is 18.2. The summed E-state index contributed by atoms with van der Waals surface area (Å²) < 4.78 is 2.12. The highest BCUT2D eigenvalue weighted by Crippen LogP contribution is 2.28. The summed E-state index contributed by atoms with van der Waals surface area (Å²) in [6.07, 6.45) is 0. The zero-order chi connectivity index (χ0) is 22.5. The molecule has 0 saturated carbocycles. The summed E-state index contributed by atoms with van der Waals surface area (Å²) in [4.78, 5) is 19.8. The normalized spacial score (nSPS) is 14.6. The van der Waals surface area contributed by atoms with Crippen LogP contribution in [-0.4, -0.2) is 62.4 Å². The fourth-order valence-corrected chi connectivity index (χ4v) is 6.19. The number of amides is 1. The number of rotatable bonds is 8. The van der Waals surface area contributed by atoms with Crippen LogP contribution in [0.25, 0.3) is 10.7 Å². The molecule has 6 nitrogen and oxygen atoms in total. The number of nitrogens with zero attached hydrogens (tertiary/aromatic N) is 5. The maximum atomic E-state index is 12.9. The van der Waals surface area contributed by atoms with Crippen LogP contribution in [0.2, 0.25) is 0 Å². The first kappa shape index (κ1) is 22.3. The average Bonchev–Trinajstić information content (AvgIpc) is 3.62. The maximum absolute atomic E-state index is 12.9.